The van der Waals surface area contributed by atoms with Crippen LogP contribution >= 0.6 is 0 Å². The molecule has 8 heteroatoms. The predicted octanol–water partition coefficient (Wildman–Crippen LogP) is 1.67. The first kappa shape index (κ1) is 12.5. The van der Waals surface area contributed by atoms with Crippen molar-refractivity contribution in [2.75, 3.05) is 4.72 Å². The van der Waals surface area contributed by atoms with Crippen molar-refractivity contribution in [3.8, 4) is 0 Å². The standard InChI is InChI=1S/C12H9FN4O2S/c13-9-1-3-10(4-2-9)16-20(18,19)11-5-6-12-15-14-8-17(12)7-11/h1-8,16H. The Morgan fingerprint density at radius 3 is 2.60 bits per heavy atom. The number of aromatic nitrogens is 3. The molecular weight excluding hydrogens is 283 g/mol. The van der Waals surface area contributed by atoms with E-state index in [2.05, 4.69) is 14.9 Å². The zero-order valence-corrected chi connectivity index (χ0v) is 10.9. The third-order valence-corrected chi connectivity index (χ3v) is 4.04. The lowest BCUT2D eigenvalue weighted by atomic mass is 10.3. The van der Waals surface area contributed by atoms with E-state index in [0.717, 1.165) is 0 Å². The summed E-state index contributed by atoms with van der Waals surface area (Å²) in [5.74, 6) is -0.432. The van der Waals surface area contributed by atoms with Gasteiger partial charge >= 0.3 is 0 Å². The molecule has 0 amide bonds. The van der Waals surface area contributed by atoms with Gasteiger partial charge in [-0.3, -0.25) is 9.12 Å². The van der Waals surface area contributed by atoms with Crippen molar-refractivity contribution in [1.82, 2.24) is 14.6 Å². The molecule has 6 nitrogen and oxygen atoms in total. The molecule has 20 heavy (non-hydrogen) atoms. The van der Waals surface area contributed by atoms with E-state index < -0.39 is 15.8 Å². The van der Waals surface area contributed by atoms with Gasteiger partial charge < -0.3 is 0 Å². The number of anilines is 1. The maximum atomic E-state index is 12.8. The number of hydrogen-bond acceptors (Lipinski definition) is 4. The van der Waals surface area contributed by atoms with Crippen LogP contribution in [0.3, 0.4) is 0 Å². The van der Waals surface area contributed by atoms with Gasteiger partial charge in [0.2, 0.25) is 0 Å². The van der Waals surface area contributed by atoms with E-state index in [1.807, 2.05) is 0 Å². The summed E-state index contributed by atoms with van der Waals surface area (Å²) < 4.78 is 41.0. The van der Waals surface area contributed by atoms with Crippen LogP contribution in [0.15, 0.2) is 53.8 Å². The van der Waals surface area contributed by atoms with E-state index in [0.29, 0.717) is 5.65 Å². The summed E-state index contributed by atoms with van der Waals surface area (Å²) in [5.41, 5.74) is 0.834. The number of nitrogens with zero attached hydrogens (tertiary/aromatic N) is 3. The highest BCUT2D eigenvalue weighted by molar-refractivity contribution is 7.92. The average Bonchev–Trinajstić information content (AvgIpc) is 2.88. The Hall–Kier alpha value is -2.48. The topological polar surface area (TPSA) is 76.4 Å². The molecule has 0 radical (unpaired) electrons. The fourth-order valence-electron chi connectivity index (χ4n) is 1.70. The molecule has 0 saturated heterocycles. The molecule has 0 atom stereocenters. The zero-order valence-electron chi connectivity index (χ0n) is 10.1. The first-order valence-electron chi connectivity index (χ1n) is 5.62. The van der Waals surface area contributed by atoms with Crippen LogP contribution in [0, 0.1) is 5.82 Å². The summed E-state index contributed by atoms with van der Waals surface area (Å²) in [7, 11) is -3.74. The molecule has 0 bridgehead atoms. The second-order valence-corrected chi connectivity index (χ2v) is 5.76. The molecule has 2 aromatic heterocycles. The number of sulfonamides is 1. The Balaban J connectivity index is 1.96. The largest absolute Gasteiger partial charge is 0.288 e. The average molecular weight is 292 g/mol. The minimum atomic E-state index is -3.74. The van der Waals surface area contributed by atoms with E-state index in [-0.39, 0.29) is 10.6 Å². The molecule has 1 N–H and O–H groups in total. The summed E-state index contributed by atoms with van der Waals surface area (Å²) in [5, 5.41) is 7.47. The molecule has 2 heterocycles. The summed E-state index contributed by atoms with van der Waals surface area (Å²) in [6.07, 6.45) is 2.81. The van der Waals surface area contributed by atoms with Crippen LogP contribution in [0.25, 0.3) is 5.65 Å². The molecule has 0 aliphatic heterocycles. The maximum Gasteiger partial charge on any atom is 0.263 e. The molecule has 0 aliphatic carbocycles. The second kappa shape index (κ2) is 4.57. The fourth-order valence-corrected chi connectivity index (χ4v) is 2.76. The van der Waals surface area contributed by atoms with Gasteiger partial charge in [-0.2, -0.15) is 0 Å². The third-order valence-electron chi connectivity index (χ3n) is 2.67. The number of rotatable bonds is 3. The summed E-state index contributed by atoms with van der Waals surface area (Å²) >= 11 is 0. The smallest absolute Gasteiger partial charge is 0.263 e. The Kier molecular flexibility index (Phi) is 2.87. The quantitative estimate of drug-likeness (QED) is 0.796. The molecule has 1 aromatic carbocycles. The highest BCUT2D eigenvalue weighted by Gasteiger charge is 2.15. The van der Waals surface area contributed by atoms with E-state index in [4.69, 9.17) is 0 Å². The number of nitrogens with one attached hydrogen (secondary N) is 1. The normalized spacial score (nSPS) is 11.7. The van der Waals surface area contributed by atoms with Crippen LogP contribution in [0.1, 0.15) is 0 Å². The lowest BCUT2D eigenvalue weighted by Gasteiger charge is -2.08. The monoisotopic (exact) mass is 292 g/mol. The van der Waals surface area contributed by atoms with Crippen molar-refractivity contribution in [3.63, 3.8) is 0 Å². The lowest BCUT2D eigenvalue weighted by molar-refractivity contribution is 0.600. The molecule has 0 aliphatic rings. The van der Waals surface area contributed by atoms with E-state index >= 15 is 0 Å². The molecule has 102 valence electrons. The van der Waals surface area contributed by atoms with Crippen molar-refractivity contribution in [2.45, 2.75) is 4.90 Å². The Bertz CT molecular complexity index is 859. The predicted molar refractivity (Wildman–Crippen MR) is 70.2 cm³/mol. The number of fused-ring (bicyclic) bond motifs is 1. The van der Waals surface area contributed by atoms with Crippen LogP contribution in [0.2, 0.25) is 0 Å². The van der Waals surface area contributed by atoms with Crippen molar-refractivity contribution in [2.24, 2.45) is 0 Å². The minimum absolute atomic E-state index is 0.0640. The third kappa shape index (κ3) is 2.32. The molecule has 0 unspecified atom stereocenters. The van der Waals surface area contributed by atoms with Crippen molar-refractivity contribution in [1.29, 1.82) is 0 Å². The highest BCUT2D eigenvalue weighted by atomic mass is 32.2. The Morgan fingerprint density at radius 1 is 1.10 bits per heavy atom. The van der Waals surface area contributed by atoms with Crippen LogP contribution in [0.4, 0.5) is 10.1 Å². The van der Waals surface area contributed by atoms with E-state index in [9.17, 15) is 12.8 Å². The maximum absolute atomic E-state index is 12.8. The van der Waals surface area contributed by atoms with Gasteiger partial charge in [0.25, 0.3) is 10.0 Å². The van der Waals surface area contributed by atoms with Crippen LogP contribution in [0.5, 0.6) is 0 Å². The Morgan fingerprint density at radius 2 is 1.85 bits per heavy atom. The minimum Gasteiger partial charge on any atom is -0.288 e. The van der Waals surface area contributed by atoms with Crippen LogP contribution in [-0.4, -0.2) is 23.0 Å². The van der Waals surface area contributed by atoms with Gasteiger partial charge in [-0.15, -0.1) is 10.2 Å². The molecule has 3 aromatic rings. The molecule has 0 fully saturated rings. The summed E-state index contributed by atoms with van der Waals surface area (Å²) in [6.45, 7) is 0. The van der Waals surface area contributed by atoms with Gasteiger partial charge in [0.05, 0.1) is 0 Å². The second-order valence-electron chi connectivity index (χ2n) is 4.07. The first-order valence-corrected chi connectivity index (χ1v) is 7.11. The molecule has 0 spiro atoms. The van der Waals surface area contributed by atoms with Gasteiger partial charge in [0, 0.05) is 11.9 Å². The number of hydrogen-bond donors (Lipinski definition) is 1. The SMILES string of the molecule is O=S(=O)(Nc1ccc(F)cc1)c1ccc2nncn2c1. The number of pyridine rings is 1. The van der Waals surface area contributed by atoms with Crippen LogP contribution < -0.4 is 4.72 Å². The highest BCUT2D eigenvalue weighted by Crippen LogP contribution is 2.16. The van der Waals surface area contributed by atoms with Crippen molar-refractivity contribution in [3.05, 3.63) is 54.7 Å². The lowest BCUT2D eigenvalue weighted by Crippen LogP contribution is -2.13. The summed E-state index contributed by atoms with van der Waals surface area (Å²) in [4.78, 5) is 0.0640. The Labute approximate surface area is 113 Å². The molecule has 3 rings (SSSR count). The van der Waals surface area contributed by atoms with Gasteiger partial charge in [0.15, 0.2) is 5.65 Å². The molecule has 0 saturated carbocycles. The van der Waals surface area contributed by atoms with Gasteiger partial charge in [-0.1, -0.05) is 0 Å². The van der Waals surface area contributed by atoms with Crippen molar-refractivity contribution >= 4 is 21.4 Å². The first-order chi connectivity index (χ1) is 9.54. The van der Waals surface area contributed by atoms with E-state index in [1.165, 1.54) is 47.3 Å². The van der Waals surface area contributed by atoms with Crippen molar-refractivity contribution < 1.29 is 12.8 Å². The van der Waals surface area contributed by atoms with Gasteiger partial charge in [-0.05, 0) is 36.4 Å². The number of benzene rings is 1. The fraction of sp³-hybridized carbons (Fsp3) is 0. The number of halogens is 1. The molecular formula is C12H9FN4O2S. The van der Waals surface area contributed by atoms with Gasteiger partial charge in [-0.25, -0.2) is 12.8 Å². The van der Waals surface area contributed by atoms with E-state index in [1.54, 1.807) is 6.07 Å². The van der Waals surface area contributed by atoms with Gasteiger partial charge in [0.1, 0.15) is 17.0 Å². The van der Waals surface area contributed by atoms with Crippen LogP contribution in [-0.2, 0) is 10.0 Å². The zero-order chi connectivity index (χ0) is 14.2. The summed E-state index contributed by atoms with van der Waals surface area (Å²) in [6, 6.07) is 8.04.